The van der Waals surface area contributed by atoms with E-state index in [0.717, 1.165) is 11.1 Å². The van der Waals surface area contributed by atoms with Crippen molar-refractivity contribution in [1.82, 2.24) is 10.3 Å². The molecule has 1 aromatic carbocycles. The molecule has 1 saturated heterocycles. The monoisotopic (exact) mass is 291 g/mol. The van der Waals surface area contributed by atoms with E-state index in [1.165, 1.54) is 11.9 Å². The van der Waals surface area contributed by atoms with Crippen LogP contribution in [0.4, 0.5) is 28.0 Å². The number of nitrogens with zero attached hydrogens (tertiary/aromatic N) is 2. The molecule has 110 valence electrons. The minimum absolute atomic E-state index is 0.0684. The molecular weight excluding hydrogens is 278 g/mol. The Labute approximate surface area is 112 Å². The van der Waals surface area contributed by atoms with Crippen LogP contribution in [0.25, 0.3) is 0 Å². The molecule has 20 heavy (non-hydrogen) atoms. The van der Waals surface area contributed by atoms with E-state index in [2.05, 4.69) is 5.43 Å². The number of urea groups is 1. The molecule has 0 atom stereocenters. The second-order valence-electron chi connectivity index (χ2n) is 5.01. The molecule has 2 amide bonds. The first kappa shape index (κ1) is 14.6. The van der Waals surface area contributed by atoms with Gasteiger partial charge in [-0.15, -0.1) is 0 Å². The Kier molecular flexibility index (Phi) is 3.16. The number of rotatable bonds is 1. The Morgan fingerprint density at radius 1 is 1.25 bits per heavy atom. The van der Waals surface area contributed by atoms with Gasteiger partial charge in [0.2, 0.25) is 0 Å². The van der Waals surface area contributed by atoms with Crippen molar-refractivity contribution in [2.24, 2.45) is 0 Å². The summed E-state index contributed by atoms with van der Waals surface area (Å²) in [6.07, 6.45) is -4.82. The Morgan fingerprint density at radius 3 is 2.30 bits per heavy atom. The summed E-state index contributed by atoms with van der Waals surface area (Å²) < 4.78 is 51.2. The second-order valence-corrected chi connectivity index (χ2v) is 5.01. The van der Waals surface area contributed by atoms with Gasteiger partial charge in [0.05, 0.1) is 11.3 Å². The number of benzene rings is 1. The summed E-state index contributed by atoms with van der Waals surface area (Å²) >= 11 is 0. The largest absolute Gasteiger partial charge is 0.419 e. The summed E-state index contributed by atoms with van der Waals surface area (Å²) in [4.78, 5) is 13.3. The molecule has 1 fully saturated rings. The zero-order valence-electron chi connectivity index (χ0n) is 11.0. The van der Waals surface area contributed by atoms with E-state index in [1.54, 1.807) is 13.8 Å². The smallest absolute Gasteiger partial charge is 0.307 e. The van der Waals surface area contributed by atoms with Gasteiger partial charge in [0.1, 0.15) is 11.5 Å². The van der Waals surface area contributed by atoms with Crippen LogP contribution in [0.2, 0.25) is 0 Å². The van der Waals surface area contributed by atoms with E-state index < -0.39 is 29.3 Å². The highest BCUT2D eigenvalue weighted by Crippen LogP contribution is 2.35. The second kappa shape index (κ2) is 4.34. The lowest BCUT2D eigenvalue weighted by atomic mass is 10.2. The van der Waals surface area contributed by atoms with E-state index in [9.17, 15) is 22.4 Å². The fourth-order valence-electron chi connectivity index (χ4n) is 1.83. The van der Waals surface area contributed by atoms with Gasteiger partial charge in [0.15, 0.2) is 0 Å². The van der Waals surface area contributed by atoms with Crippen LogP contribution in [0.15, 0.2) is 18.2 Å². The molecule has 2 rings (SSSR count). The van der Waals surface area contributed by atoms with Crippen LogP contribution in [0.1, 0.15) is 19.4 Å². The van der Waals surface area contributed by atoms with Crippen molar-refractivity contribution >= 4 is 11.7 Å². The highest BCUT2D eigenvalue weighted by atomic mass is 19.4. The van der Waals surface area contributed by atoms with Gasteiger partial charge in [0, 0.05) is 7.05 Å². The Morgan fingerprint density at radius 2 is 1.85 bits per heavy atom. The Balaban J connectivity index is 2.43. The van der Waals surface area contributed by atoms with Crippen molar-refractivity contribution in [3.05, 3.63) is 29.6 Å². The summed E-state index contributed by atoms with van der Waals surface area (Å²) in [5.74, 6) is -1.37. The molecule has 1 N–H and O–H groups in total. The molecule has 0 spiro atoms. The first-order valence-electron chi connectivity index (χ1n) is 5.76. The van der Waals surface area contributed by atoms with E-state index in [4.69, 9.17) is 0 Å². The molecule has 0 unspecified atom stereocenters. The quantitative estimate of drug-likeness (QED) is 0.807. The molecule has 0 bridgehead atoms. The number of carbonyl (C=O) groups is 1. The van der Waals surface area contributed by atoms with Crippen molar-refractivity contribution in [2.75, 3.05) is 12.1 Å². The van der Waals surface area contributed by atoms with Crippen LogP contribution in [-0.2, 0) is 6.18 Å². The number of nitrogens with one attached hydrogen (secondary N) is 1. The lowest BCUT2D eigenvalue weighted by Gasteiger charge is -2.25. The predicted octanol–water partition coefficient (Wildman–Crippen LogP) is 2.96. The van der Waals surface area contributed by atoms with Gasteiger partial charge in [-0.05, 0) is 32.0 Å². The van der Waals surface area contributed by atoms with E-state index in [1.807, 2.05) is 0 Å². The molecule has 0 aromatic heterocycles. The van der Waals surface area contributed by atoms with Crippen molar-refractivity contribution in [2.45, 2.75) is 25.7 Å². The normalized spacial score (nSPS) is 18.9. The molecule has 1 aliphatic rings. The van der Waals surface area contributed by atoms with Crippen molar-refractivity contribution in [3.8, 4) is 0 Å². The minimum Gasteiger partial charge on any atom is -0.307 e. The number of hydrazine groups is 1. The number of hydrogen-bond donors (Lipinski definition) is 1. The SMILES string of the molecule is CN1C(=O)N(c2ccc(F)c(C(F)(F)F)c2)NC1(C)C. The van der Waals surface area contributed by atoms with Gasteiger partial charge in [-0.25, -0.2) is 19.6 Å². The summed E-state index contributed by atoms with van der Waals surface area (Å²) in [5, 5.41) is 0.967. The molecule has 0 saturated carbocycles. The van der Waals surface area contributed by atoms with Gasteiger partial charge in [-0.1, -0.05) is 0 Å². The number of anilines is 1. The molecular formula is C12H13F4N3O. The molecule has 4 nitrogen and oxygen atoms in total. The third kappa shape index (κ3) is 2.31. The fourth-order valence-corrected chi connectivity index (χ4v) is 1.83. The van der Waals surface area contributed by atoms with Crippen LogP contribution in [0, 0.1) is 5.82 Å². The van der Waals surface area contributed by atoms with Crippen molar-refractivity contribution in [1.29, 1.82) is 0 Å². The lowest BCUT2D eigenvalue weighted by molar-refractivity contribution is -0.139. The van der Waals surface area contributed by atoms with Crippen LogP contribution < -0.4 is 10.4 Å². The van der Waals surface area contributed by atoms with Gasteiger partial charge in [-0.3, -0.25) is 0 Å². The predicted molar refractivity (Wildman–Crippen MR) is 64.3 cm³/mol. The number of alkyl halides is 3. The lowest BCUT2D eigenvalue weighted by Crippen LogP contribution is -2.46. The van der Waals surface area contributed by atoms with E-state index in [-0.39, 0.29) is 5.69 Å². The van der Waals surface area contributed by atoms with Gasteiger partial charge in [-0.2, -0.15) is 13.2 Å². The maximum Gasteiger partial charge on any atom is 0.419 e. The first-order valence-corrected chi connectivity index (χ1v) is 5.76. The van der Waals surface area contributed by atoms with Crippen LogP contribution in [0.3, 0.4) is 0 Å². The molecule has 1 aromatic rings. The average Bonchev–Trinajstić information content (AvgIpc) is 2.52. The molecule has 1 heterocycles. The summed E-state index contributed by atoms with van der Waals surface area (Å²) in [6.45, 7) is 3.39. The van der Waals surface area contributed by atoms with Gasteiger partial charge in [0.25, 0.3) is 0 Å². The maximum atomic E-state index is 13.2. The third-order valence-corrected chi connectivity index (χ3v) is 3.22. The Hall–Kier alpha value is -1.83. The van der Waals surface area contributed by atoms with E-state index in [0.29, 0.717) is 12.1 Å². The average molecular weight is 291 g/mol. The highest BCUT2D eigenvalue weighted by Gasteiger charge is 2.42. The zero-order chi connectivity index (χ0) is 15.3. The fraction of sp³-hybridized carbons (Fsp3) is 0.417. The number of amides is 2. The Bertz CT molecular complexity index is 556. The minimum atomic E-state index is -4.82. The van der Waals surface area contributed by atoms with Crippen LogP contribution >= 0.6 is 0 Å². The molecule has 0 aliphatic carbocycles. The molecule has 0 radical (unpaired) electrons. The highest BCUT2D eigenvalue weighted by molar-refractivity contribution is 5.93. The molecule has 1 aliphatic heterocycles. The summed E-state index contributed by atoms with van der Waals surface area (Å²) in [7, 11) is 1.52. The molecule has 8 heteroatoms. The van der Waals surface area contributed by atoms with Crippen LogP contribution in [0.5, 0.6) is 0 Å². The first-order chi connectivity index (χ1) is 9.04. The van der Waals surface area contributed by atoms with Crippen LogP contribution in [-0.4, -0.2) is 23.6 Å². The van der Waals surface area contributed by atoms with Crippen molar-refractivity contribution < 1.29 is 22.4 Å². The van der Waals surface area contributed by atoms with Gasteiger partial charge < -0.3 is 4.90 Å². The van der Waals surface area contributed by atoms with E-state index >= 15 is 0 Å². The van der Waals surface area contributed by atoms with Crippen molar-refractivity contribution in [3.63, 3.8) is 0 Å². The number of carbonyl (C=O) groups excluding carboxylic acids is 1. The standard InChI is InChI=1S/C12H13F4N3O/c1-11(2)17-19(10(20)18(11)3)7-4-5-9(13)8(6-7)12(14,15)16/h4-6,17H,1-3H3. The number of halogens is 4. The number of hydrogen-bond acceptors (Lipinski definition) is 2. The maximum absolute atomic E-state index is 13.2. The third-order valence-electron chi connectivity index (χ3n) is 3.22. The van der Waals surface area contributed by atoms with Gasteiger partial charge >= 0.3 is 12.2 Å². The topological polar surface area (TPSA) is 35.6 Å². The zero-order valence-corrected chi connectivity index (χ0v) is 11.0. The summed E-state index contributed by atoms with van der Waals surface area (Å²) in [5.41, 5.74) is 0.544. The summed E-state index contributed by atoms with van der Waals surface area (Å²) in [6, 6.07) is 1.90.